The highest BCUT2D eigenvalue weighted by Crippen LogP contribution is 2.58. The average Bonchev–Trinajstić information content (AvgIpc) is 3.85. The number of amides is 1. The lowest BCUT2D eigenvalue weighted by Crippen LogP contribution is -2.48. The first-order valence-electron chi connectivity index (χ1n) is 20.9. The molecular weight excluding hydrogens is 792 g/mol. The van der Waals surface area contributed by atoms with Gasteiger partial charge in [-0.2, -0.15) is 0 Å². The van der Waals surface area contributed by atoms with E-state index in [1.807, 2.05) is 33.1 Å². The van der Waals surface area contributed by atoms with Crippen LogP contribution in [-0.2, 0) is 35.1 Å². The molecular formula is C45H55ClN4O8S. The fourth-order valence-electron chi connectivity index (χ4n) is 9.34. The quantitative estimate of drug-likeness (QED) is 0.102. The van der Waals surface area contributed by atoms with E-state index in [-0.39, 0.29) is 61.3 Å². The van der Waals surface area contributed by atoms with E-state index in [1.165, 1.54) is 13.5 Å². The number of nitrogens with zero attached hydrogens (tertiary/aromatic N) is 4. The first-order chi connectivity index (χ1) is 28.0. The summed E-state index contributed by atoms with van der Waals surface area (Å²) in [6.07, 6.45) is 4.27. The van der Waals surface area contributed by atoms with Crippen molar-refractivity contribution in [1.29, 1.82) is 0 Å². The summed E-state index contributed by atoms with van der Waals surface area (Å²) >= 11 is 8.45. The van der Waals surface area contributed by atoms with E-state index in [4.69, 9.17) is 47.1 Å². The van der Waals surface area contributed by atoms with Crippen LogP contribution in [0.15, 0.2) is 23.6 Å². The van der Waals surface area contributed by atoms with Gasteiger partial charge in [-0.1, -0.05) is 59.6 Å². The number of esters is 2. The molecule has 0 radical (unpaired) electrons. The third-order valence-electron chi connectivity index (χ3n) is 12.8. The molecule has 2 aromatic heterocycles. The number of benzene rings is 1. The van der Waals surface area contributed by atoms with Gasteiger partial charge in [0.2, 0.25) is 5.91 Å². The van der Waals surface area contributed by atoms with Crippen molar-refractivity contribution in [3.8, 4) is 22.9 Å². The highest BCUT2D eigenvalue weighted by molar-refractivity contribution is 7.09. The minimum Gasteiger partial charge on any atom is -0.488 e. The molecule has 3 saturated carbocycles. The Kier molecular flexibility index (Phi) is 12.3. The molecule has 0 bridgehead atoms. The molecule has 3 aromatic rings. The van der Waals surface area contributed by atoms with Gasteiger partial charge in [-0.3, -0.25) is 24.0 Å². The zero-order valence-corrected chi connectivity index (χ0v) is 36.6. The lowest BCUT2D eigenvalue weighted by Gasteiger charge is -2.35. The molecule has 1 aliphatic heterocycles. The van der Waals surface area contributed by atoms with E-state index in [0.29, 0.717) is 58.0 Å². The summed E-state index contributed by atoms with van der Waals surface area (Å²) in [4.78, 5) is 70.6. The standard InChI is InChI=1S/C45H55ClN4O8S/c1-9-27-19-45(27,43(54)55-8)20-35(51)34-16-29(21-50(34)42(53)31(44(4,5)6)17-39(52)58-28-14-25-13-26(25)15-28)57-37-18-32(33-22-59-38(48-33)12-24(2)3)49-41-30(37)10-11-36(40(41)46)56-23-47-7/h10-11,18,22,24-29,31,34H,9,12-17,19-21,23H2,1-6,8H3/t25-,26+,27-,28?,29+,31-,34+,45+/m1/s1. The minimum atomic E-state index is -0.925. The number of halogens is 1. The number of hydrogen-bond acceptors (Lipinski definition) is 11. The number of Topliss-reactive ketones (excluding diaryl/α,β-unsaturated/α-hetero) is 1. The molecule has 1 amide bonds. The first kappa shape index (κ1) is 42.8. The number of pyridine rings is 1. The number of rotatable bonds is 16. The third kappa shape index (κ3) is 9.09. The van der Waals surface area contributed by atoms with Crippen LogP contribution < -0.4 is 9.47 Å². The zero-order chi connectivity index (χ0) is 42.4. The van der Waals surface area contributed by atoms with E-state index in [1.54, 1.807) is 34.4 Å². The number of thiazole rings is 1. The van der Waals surface area contributed by atoms with E-state index < -0.39 is 40.8 Å². The molecule has 316 valence electrons. The molecule has 0 spiro atoms. The maximum absolute atomic E-state index is 14.9. The number of carbonyl (C=O) groups is 4. The van der Waals surface area contributed by atoms with Crippen molar-refractivity contribution in [1.82, 2.24) is 14.9 Å². The second-order valence-electron chi connectivity index (χ2n) is 18.5. The highest BCUT2D eigenvalue weighted by atomic mass is 35.5. The first-order valence-corrected chi connectivity index (χ1v) is 22.1. The summed E-state index contributed by atoms with van der Waals surface area (Å²) in [7, 11) is 1.34. The molecule has 1 saturated heterocycles. The van der Waals surface area contributed by atoms with Crippen LogP contribution in [0.5, 0.6) is 11.5 Å². The van der Waals surface area contributed by atoms with Crippen molar-refractivity contribution in [2.24, 2.45) is 40.4 Å². The summed E-state index contributed by atoms with van der Waals surface area (Å²) < 4.78 is 23.6. The zero-order valence-electron chi connectivity index (χ0n) is 35.0. The number of ketones is 1. The molecule has 3 heterocycles. The number of methoxy groups -OCH3 is 1. The predicted octanol–water partition coefficient (Wildman–Crippen LogP) is 8.76. The summed E-state index contributed by atoms with van der Waals surface area (Å²) in [6, 6.07) is 4.33. The summed E-state index contributed by atoms with van der Waals surface area (Å²) in [6.45, 7) is 19.1. The van der Waals surface area contributed by atoms with Crippen LogP contribution >= 0.6 is 22.9 Å². The SMILES string of the molecule is [C-]#[N+]COc1ccc2c(O[C@H]3C[C@@H](C(=O)C[C@@]4(C(=O)OC)C[C@H]4CC)N(C(=O)[C@@H](CC(=O)OC4C[C@@H]5C[C@@H]5C4)C(C)(C)C)C3)cc(-c3csc(CC(C)C)n3)nc2c1Cl. The predicted molar refractivity (Wildman–Crippen MR) is 224 cm³/mol. The van der Waals surface area contributed by atoms with Crippen molar-refractivity contribution in [2.45, 2.75) is 118 Å². The van der Waals surface area contributed by atoms with Crippen LogP contribution in [0.4, 0.5) is 0 Å². The van der Waals surface area contributed by atoms with Crippen LogP contribution in [0.3, 0.4) is 0 Å². The Morgan fingerprint density at radius 1 is 1.05 bits per heavy atom. The number of ether oxygens (including phenoxy) is 4. The van der Waals surface area contributed by atoms with Gasteiger partial charge in [0.25, 0.3) is 0 Å². The molecule has 4 fully saturated rings. The van der Waals surface area contributed by atoms with Crippen LogP contribution in [0.2, 0.25) is 5.02 Å². The normalized spacial score (nSPS) is 26.3. The Bertz CT molecular complexity index is 2150. The lowest BCUT2D eigenvalue weighted by molar-refractivity contribution is -0.157. The highest BCUT2D eigenvalue weighted by Gasteiger charge is 2.62. The largest absolute Gasteiger partial charge is 0.488 e. The van der Waals surface area contributed by atoms with E-state index in [0.717, 1.165) is 30.7 Å². The number of fused-ring (bicyclic) bond motifs is 2. The molecule has 1 aromatic carbocycles. The molecule has 3 aliphatic carbocycles. The van der Waals surface area contributed by atoms with Crippen molar-refractivity contribution in [3.05, 3.63) is 45.0 Å². The number of aromatic nitrogens is 2. The van der Waals surface area contributed by atoms with Gasteiger partial charge in [0.05, 0.1) is 59.4 Å². The van der Waals surface area contributed by atoms with Crippen LogP contribution in [0, 0.1) is 47.0 Å². The van der Waals surface area contributed by atoms with E-state index >= 15 is 0 Å². The topological polar surface area (TPSA) is 139 Å². The molecule has 8 atom stereocenters. The molecule has 7 rings (SSSR count). The molecule has 12 nitrogen and oxygen atoms in total. The molecule has 14 heteroatoms. The number of carbonyl (C=O) groups excluding carboxylic acids is 4. The van der Waals surface area contributed by atoms with Gasteiger partial charge in [-0.15, -0.1) is 11.3 Å². The smallest absolute Gasteiger partial charge is 0.357 e. The van der Waals surface area contributed by atoms with Gasteiger partial charge in [0.1, 0.15) is 28.7 Å². The second-order valence-corrected chi connectivity index (χ2v) is 19.8. The van der Waals surface area contributed by atoms with Crippen molar-refractivity contribution < 1.29 is 38.1 Å². The van der Waals surface area contributed by atoms with Gasteiger partial charge in [-0.25, -0.2) is 16.5 Å². The summed E-state index contributed by atoms with van der Waals surface area (Å²) in [5.74, 6) is 0.279. The Labute approximate surface area is 355 Å². The van der Waals surface area contributed by atoms with Gasteiger partial charge in [-0.05, 0) is 66.9 Å². The summed E-state index contributed by atoms with van der Waals surface area (Å²) in [5.41, 5.74) is -0.00409. The maximum Gasteiger partial charge on any atom is 0.357 e. The maximum atomic E-state index is 14.9. The second kappa shape index (κ2) is 17.0. The van der Waals surface area contributed by atoms with Gasteiger partial charge < -0.3 is 23.8 Å². The fourth-order valence-corrected chi connectivity index (χ4v) is 10.6. The Balaban J connectivity index is 1.21. The molecule has 4 aliphatic rings. The van der Waals surface area contributed by atoms with Crippen LogP contribution in [0.1, 0.15) is 97.9 Å². The Hall–Kier alpha value is -4.28. The van der Waals surface area contributed by atoms with Gasteiger partial charge in [0.15, 0.2) is 5.78 Å². The fraction of sp³-hybridized carbons (Fsp3) is 0.622. The minimum absolute atomic E-state index is 0.0111. The third-order valence-corrected chi connectivity index (χ3v) is 14.0. The number of likely N-dealkylation sites (tertiary alicyclic amines) is 1. The van der Waals surface area contributed by atoms with Crippen molar-refractivity contribution in [2.75, 3.05) is 20.4 Å². The van der Waals surface area contributed by atoms with Gasteiger partial charge in [0, 0.05) is 36.1 Å². The van der Waals surface area contributed by atoms with Crippen molar-refractivity contribution >= 4 is 57.5 Å². The molecule has 0 N–H and O–H groups in total. The summed E-state index contributed by atoms with van der Waals surface area (Å²) in [5, 5.41) is 3.70. The Morgan fingerprint density at radius 2 is 1.80 bits per heavy atom. The Morgan fingerprint density at radius 3 is 2.44 bits per heavy atom. The van der Waals surface area contributed by atoms with Crippen LogP contribution in [-0.4, -0.2) is 77.1 Å². The molecule has 1 unspecified atom stereocenters. The van der Waals surface area contributed by atoms with Crippen molar-refractivity contribution in [3.63, 3.8) is 0 Å². The van der Waals surface area contributed by atoms with Crippen LogP contribution in [0.25, 0.3) is 27.1 Å². The molecule has 59 heavy (non-hydrogen) atoms. The van der Waals surface area contributed by atoms with E-state index in [9.17, 15) is 19.2 Å². The monoisotopic (exact) mass is 846 g/mol. The number of hydrogen-bond donors (Lipinski definition) is 0. The lowest BCUT2D eigenvalue weighted by atomic mass is 9.77. The average molecular weight is 847 g/mol. The van der Waals surface area contributed by atoms with Gasteiger partial charge >= 0.3 is 18.7 Å². The van der Waals surface area contributed by atoms with E-state index in [2.05, 4.69) is 18.7 Å².